The van der Waals surface area contributed by atoms with Gasteiger partial charge in [0.1, 0.15) is 5.82 Å². The summed E-state index contributed by atoms with van der Waals surface area (Å²) in [4.78, 5) is 11.3. The molecule has 4 atom stereocenters. The Hall–Kier alpha value is -2.87. The summed E-state index contributed by atoms with van der Waals surface area (Å²) in [6, 6.07) is 17.5. The Morgan fingerprint density at radius 2 is 1.92 bits per heavy atom. The Kier molecular flexibility index (Phi) is 8.57. The van der Waals surface area contributed by atoms with Gasteiger partial charge in [0.15, 0.2) is 18.1 Å². The Morgan fingerprint density at radius 1 is 1.16 bits per heavy atom. The van der Waals surface area contributed by atoms with E-state index >= 15 is 0 Å². The van der Waals surface area contributed by atoms with Crippen LogP contribution in [0.2, 0.25) is 5.02 Å². The monoisotopic (exact) mass is 588 g/mol. The molecule has 0 saturated carbocycles. The molecule has 3 aromatic rings. The fourth-order valence-corrected chi connectivity index (χ4v) is 5.65. The van der Waals surface area contributed by atoms with Crippen LogP contribution in [0.3, 0.4) is 0 Å². The summed E-state index contributed by atoms with van der Waals surface area (Å²) >= 11 is 10.2. The molecule has 194 valence electrons. The lowest BCUT2D eigenvalue weighted by Crippen LogP contribution is -2.32. The lowest BCUT2D eigenvalue weighted by molar-refractivity contribution is -0.139. The van der Waals surface area contributed by atoms with Crippen molar-refractivity contribution in [2.24, 2.45) is 5.92 Å². The highest BCUT2D eigenvalue weighted by Gasteiger charge is 2.42. The summed E-state index contributed by atoms with van der Waals surface area (Å²) in [5.74, 6) is -1.22. The van der Waals surface area contributed by atoms with Crippen LogP contribution in [-0.2, 0) is 9.53 Å². The Morgan fingerprint density at radius 3 is 2.57 bits per heavy atom. The molecular weight excluding hydrogens is 563 g/mol. The maximum atomic E-state index is 14.4. The third-order valence-electron chi connectivity index (χ3n) is 6.56. The van der Waals surface area contributed by atoms with E-state index in [9.17, 15) is 14.3 Å². The van der Waals surface area contributed by atoms with Gasteiger partial charge in [-0.05, 0) is 54.8 Å². The number of hydrogen-bond acceptors (Lipinski definition) is 4. The Labute approximate surface area is 228 Å². The molecule has 0 amide bonds. The van der Waals surface area contributed by atoms with Crippen molar-refractivity contribution in [2.45, 2.75) is 31.5 Å². The second-order valence-electron chi connectivity index (χ2n) is 9.06. The van der Waals surface area contributed by atoms with Crippen molar-refractivity contribution in [1.82, 2.24) is 0 Å². The van der Waals surface area contributed by atoms with Gasteiger partial charge < -0.3 is 19.3 Å². The number of carboxylic acid groups (broad SMARTS) is 1. The van der Waals surface area contributed by atoms with Crippen LogP contribution in [0.5, 0.6) is 11.5 Å². The lowest BCUT2D eigenvalue weighted by atomic mass is 9.74. The first-order chi connectivity index (χ1) is 17.7. The average molecular weight is 590 g/mol. The van der Waals surface area contributed by atoms with E-state index in [1.165, 1.54) is 19.2 Å². The van der Waals surface area contributed by atoms with Gasteiger partial charge in [-0.25, -0.2) is 9.18 Å². The summed E-state index contributed by atoms with van der Waals surface area (Å²) < 4.78 is 33.1. The second-order valence-corrected chi connectivity index (χ2v) is 10.4. The fraction of sp³-hybridized carbons (Fsp3) is 0.276. The van der Waals surface area contributed by atoms with Gasteiger partial charge >= 0.3 is 5.97 Å². The molecule has 4 rings (SSSR count). The largest absolute Gasteiger partial charge is 0.493 e. The number of carbonyl (C=O) groups is 1. The SMILES string of the molecule is C=C(C)[C@H]1C[C@H](c2ccccc2Cl)[C@H](c2cccc(F)c2)O[C@@H]1c1cc(Br)cc(OC)c1OCC(=O)O. The molecule has 1 aliphatic rings. The molecule has 1 saturated heterocycles. The lowest BCUT2D eigenvalue weighted by Gasteiger charge is -2.43. The van der Waals surface area contributed by atoms with Crippen LogP contribution < -0.4 is 9.47 Å². The number of hydrogen-bond donors (Lipinski definition) is 1. The van der Waals surface area contributed by atoms with Crippen LogP contribution in [0.15, 0.2) is 77.3 Å². The van der Waals surface area contributed by atoms with E-state index in [0.29, 0.717) is 32.8 Å². The zero-order valence-corrected chi connectivity index (χ0v) is 22.8. The van der Waals surface area contributed by atoms with Crippen molar-refractivity contribution in [3.05, 3.63) is 105 Å². The number of carboxylic acids is 1. The molecule has 1 N–H and O–H groups in total. The number of ether oxygens (including phenoxy) is 3. The predicted molar refractivity (Wildman–Crippen MR) is 144 cm³/mol. The molecule has 0 spiro atoms. The molecule has 5 nitrogen and oxygen atoms in total. The summed E-state index contributed by atoms with van der Waals surface area (Å²) in [5, 5.41) is 9.87. The highest BCUT2D eigenvalue weighted by molar-refractivity contribution is 9.10. The Balaban J connectivity index is 1.88. The van der Waals surface area contributed by atoms with E-state index < -0.39 is 24.8 Å². The van der Waals surface area contributed by atoms with E-state index in [1.54, 1.807) is 12.1 Å². The smallest absolute Gasteiger partial charge is 0.341 e. The molecule has 8 heteroatoms. The van der Waals surface area contributed by atoms with Crippen molar-refractivity contribution in [3.8, 4) is 11.5 Å². The van der Waals surface area contributed by atoms with E-state index in [4.69, 9.17) is 25.8 Å². The molecule has 1 heterocycles. The van der Waals surface area contributed by atoms with Crippen LogP contribution in [0.4, 0.5) is 4.39 Å². The van der Waals surface area contributed by atoms with Crippen molar-refractivity contribution >= 4 is 33.5 Å². The quantitative estimate of drug-likeness (QED) is 0.271. The molecule has 0 aliphatic carbocycles. The fourth-order valence-electron chi connectivity index (χ4n) is 4.92. The van der Waals surface area contributed by atoms with Gasteiger partial charge in [0, 0.05) is 26.9 Å². The molecule has 0 bridgehead atoms. The first kappa shape index (κ1) is 27.2. The Bertz CT molecular complexity index is 1310. The van der Waals surface area contributed by atoms with Gasteiger partial charge in [-0.2, -0.15) is 0 Å². The highest BCUT2D eigenvalue weighted by atomic mass is 79.9. The first-order valence-corrected chi connectivity index (χ1v) is 12.9. The molecule has 0 unspecified atom stereocenters. The van der Waals surface area contributed by atoms with Gasteiger partial charge in [-0.3, -0.25) is 0 Å². The van der Waals surface area contributed by atoms with E-state index in [2.05, 4.69) is 22.5 Å². The third kappa shape index (κ3) is 6.00. The number of rotatable bonds is 8. The van der Waals surface area contributed by atoms with Crippen molar-refractivity contribution < 1.29 is 28.5 Å². The first-order valence-electron chi connectivity index (χ1n) is 11.7. The zero-order valence-electron chi connectivity index (χ0n) is 20.4. The molecule has 0 radical (unpaired) electrons. The van der Waals surface area contributed by atoms with Crippen molar-refractivity contribution in [1.29, 1.82) is 0 Å². The minimum absolute atomic E-state index is 0.183. The minimum atomic E-state index is -1.12. The number of halogens is 3. The number of aliphatic carboxylic acids is 1. The van der Waals surface area contributed by atoms with Gasteiger partial charge in [0.05, 0.1) is 19.3 Å². The summed E-state index contributed by atoms with van der Waals surface area (Å²) in [6.07, 6.45) is -0.522. The van der Waals surface area contributed by atoms with Gasteiger partial charge in [-0.1, -0.05) is 70.0 Å². The average Bonchev–Trinajstić information content (AvgIpc) is 2.86. The minimum Gasteiger partial charge on any atom is -0.493 e. The topological polar surface area (TPSA) is 65.0 Å². The van der Waals surface area contributed by atoms with Crippen LogP contribution in [0.1, 0.15) is 48.2 Å². The summed E-state index contributed by atoms with van der Waals surface area (Å²) in [5.41, 5.74) is 3.06. The van der Waals surface area contributed by atoms with Crippen LogP contribution in [-0.4, -0.2) is 24.8 Å². The van der Waals surface area contributed by atoms with E-state index in [-0.39, 0.29) is 23.4 Å². The molecule has 37 heavy (non-hydrogen) atoms. The molecular formula is C29H27BrClFO5. The highest BCUT2D eigenvalue weighted by Crippen LogP contribution is 2.55. The second kappa shape index (κ2) is 11.7. The predicted octanol–water partition coefficient (Wildman–Crippen LogP) is 7.89. The van der Waals surface area contributed by atoms with Gasteiger partial charge in [0.25, 0.3) is 0 Å². The van der Waals surface area contributed by atoms with Gasteiger partial charge in [-0.15, -0.1) is 0 Å². The third-order valence-corrected chi connectivity index (χ3v) is 7.36. The van der Waals surface area contributed by atoms with Crippen LogP contribution >= 0.6 is 27.5 Å². The number of methoxy groups -OCH3 is 1. The summed E-state index contributed by atoms with van der Waals surface area (Å²) in [6.45, 7) is 5.62. The van der Waals surface area contributed by atoms with Crippen molar-refractivity contribution in [2.75, 3.05) is 13.7 Å². The molecule has 1 fully saturated rings. The van der Waals surface area contributed by atoms with Crippen LogP contribution in [0.25, 0.3) is 0 Å². The van der Waals surface area contributed by atoms with Crippen molar-refractivity contribution in [3.63, 3.8) is 0 Å². The zero-order chi connectivity index (χ0) is 26.7. The number of benzene rings is 3. The maximum absolute atomic E-state index is 14.4. The van der Waals surface area contributed by atoms with Gasteiger partial charge in [0.2, 0.25) is 0 Å². The standard InChI is InChI=1S/C29H27BrClFO5/c1-16(2)21-14-22(20-9-4-5-10-24(20)31)27(17-7-6-8-19(32)11-17)37-28(21)23-12-18(30)13-25(35-3)29(23)36-15-26(33)34/h4-13,21-22,27-28H,1,14-15H2,2-3H3,(H,33,34)/t21-,22-,27+,28+/m1/s1. The normalized spacial score (nSPS) is 21.3. The maximum Gasteiger partial charge on any atom is 0.341 e. The van der Waals surface area contributed by atoms with E-state index in [1.807, 2.05) is 43.3 Å². The van der Waals surface area contributed by atoms with E-state index in [0.717, 1.165) is 11.1 Å². The summed E-state index contributed by atoms with van der Waals surface area (Å²) in [7, 11) is 1.49. The molecule has 3 aromatic carbocycles. The molecule has 1 aliphatic heterocycles. The van der Waals surface area contributed by atoms with Crippen LogP contribution in [0, 0.1) is 11.7 Å². The molecule has 0 aromatic heterocycles.